The first-order chi connectivity index (χ1) is 10.6. The number of benzene rings is 1. The standard InChI is InChI=1S/C16H18FN5/c1-10-5-12(19-2)9-22(8-10)16-13(17)6-11(7-18)14-15(16)21-4-3-20-14/h3-4,6,10,12,19H,5,8-9H2,1-2H3/t10?,12-/m1/s1. The van der Waals surface area contributed by atoms with Crippen molar-refractivity contribution < 1.29 is 4.39 Å². The number of nitrogens with zero attached hydrogens (tertiary/aromatic N) is 4. The minimum absolute atomic E-state index is 0.222. The third-order valence-electron chi connectivity index (χ3n) is 4.18. The lowest BCUT2D eigenvalue weighted by Gasteiger charge is -2.38. The Morgan fingerprint density at radius 2 is 2.05 bits per heavy atom. The average Bonchev–Trinajstić information content (AvgIpc) is 2.53. The molecule has 1 aliphatic rings. The van der Waals surface area contributed by atoms with E-state index in [9.17, 15) is 9.65 Å². The molecule has 2 aromatic rings. The van der Waals surface area contributed by atoms with E-state index in [0.717, 1.165) is 19.5 Å². The first-order valence-electron chi connectivity index (χ1n) is 7.39. The van der Waals surface area contributed by atoms with Gasteiger partial charge in [-0.15, -0.1) is 0 Å². The number of aromatic nitrogens is 2. The van der Waals surface area contributed by atoms with Gasteiger partial charge in [0, 0.05) is 31.5 Å². The molecule has 1 aliphatic heterocycles. The Morgan fingerprint density at radius 3 is 2.73 bits per heavy atom. The fourth-order valence-corrected chi connectivity index (χ4v) is 3.21. The number of halogens is 1. The Labute approximate surface area is 128 Å². The van der Waals surface area contributed by atoms with Gasteiger partial charge in [-0.05, 0) is 25.5 Å². The summed E-state index contributed by atoms with van der Waals surface area (Å²) in [6.45, 7) is 3.65. The van der Waals surface area contributed by atoms with E-state index in [2.05, 4.69) is 22.2 Å². The number of hydrogen-bond donors (Lipinski definition) is 1. The lowest BCUT2D eigenvalue weighted by atomic mass is 9.95. The lowest BCUT2D eigenvalue weighted by molar-refractivity contribution is 0.364. The molecule has 6 heteroatoms. The van der Waals surface area contributed by atoms with Crippen LogP contribution in [0.5, 0.6) is 0 Å². The molecule has 114 valence electrons. The van der Waals surface area contributed by atoms with Gasteiger partial charge in [0.2, 0.25) is 0 Å². The van der Waals surface area contributed by atoms with Crippen molar-refractivity contribution in [3.63, 3.8) is 0 Å². The quantitative estimate of drug-likeness (QED) is 0.919. The number of fused-ring (bicyclic) bond motifs is 1. The molecule has 22 heavy (non-hydrogen) atoms. The first-order valence-corrected chi connectivity index (χ1v) is 7.39. The van der Waals surface area contributed by atoms with E-state index < -0.39 is 5.82 Å². The van der Waals surface area contributed by atoms with Crippen LogP contribution < -0.4 is 10.2 Å². The minimum Gasteiger partial charge on any atom is -0.366 e. The molecule has 0 aliphatic carbocycles. The minimum atomic E-state index is -0.409. The van der Waals surface area contributed by atoms with Crippen molar-refractivity contribution in [3.8, 4) is 6.07 Å². The van der Waals surface area contributed by atoms with Crippen molar-refractivity contribution in [2.24, 2.45) is 5.92 Å². The summed E-state index contributed by atoms with van der Waals surface area (Å²) in [4.78, 5) is 10.5. The van der Waals surface area contributed by atoms with Crippen LogP contribution in [-0.4, -0.2) is 36.1 Å². The highest BCUT2D eigenvalue weighted by Gasteiger charge is 2.28. The zero-order valence-electron chi connectivity index (χ0n) is 12.7. The molecule has 0 radical (unpaired) electrons. The highest BCUT2D eigenvalue weighted by Crippen LogP contribution is 2.32. The normalized spacial score (nSPS) is 21.8. The van der Waals surface area contributed by atoms with Gasteiger partial charge in [0.05, 0.1) is 5.56 Å². The van der Waals surface area contributed by atoms with E-state index >= 15 is 0 Å². The molecule has 2 atom stereocenters. The van der Waals surface area contributed by atoms with Gasteiger partial charge in [-0.1, -0.05) is 6.92 Å². The van der Waals surface area contributed by atoms with Gasteiger partial charge < -0.3 is 10.2 Å². The molecule has 0 saturated carbocycles. The predicted molar refractivity (Wildman–Crippen MR) is 83.1 cm³/mol. The van der Waals surface area contributed by atoms with E-state index in [1.807, 2.05) is 18.0 Å². The summed E-state index contributed by atoms with van der Waals surface area (Å²) in [7, 11) is 1.92. The SMILES string of the molecule is CN[C@@H]1CC(C)CN(c2c(F)cc(C#N)c3nccnc23)C1. The zero-order valence-corrected chi connectivity index (χ0v) is 12.7. The molecule has 2 heterocycles. The summed E-state index contributed by atoms with van der Waals surface area (Å²) >= 11 is 0. The van der Waals surface area contributed by atoms with Crippen molar-refractivity contribution in [2.75, 3.05) is 25.0 Å². The van der Waals surface area contributed by atoms with Gasteiger partial charge in [-0.25, -0.2) is 4.39 Å². The molecule has 1 unspecified atom stereocenters. The highest BCUT2D eigenvalue weighted by atomic mass is 19.1. The molecular weight excluding hydrogens is 281 g/mol. The second kappa shape index (κ2) is 5.85. The van der Waals surface area contributed by atoms with Gasteiger partial charge >= 0.3 is 0 Å². The zero-order chi connectivity index (χ0) is 15.7. The maximum absolute atomic E-state index is 14.6. The van der Waals surface area contributed by atoms with E-state index in [1.165, 1.54) is 18.5 Å². The van der Waals surface area contributed by atoms with Crippen molar-refractivity contribution in [2.45, 2.75) is 19.4 Å². The molecule has 0 amide bonds. The van der Waals surface area contributed by atoms with E-state index in [-0.39, 0.29) is 5.56 Å². The van der Waals surface area contributed by atoms with Gasteiger partial charge in [0.25, 0.3) is 0 Å². The Balaban J connectivity index is 2.15. The van der Waals surface area contributed by atoms with Crippen LogP contribution in [0.4, 0.5) is 10.1 Å². The average molecular weight is 299 g/mol. The first kappa shape index (κ1) is 14.7. The van der Waals surface area contributed by atoms with Crippen molar-refractivity contribution in [1.82, 2.24) is 15.3 Å². The summed E-state index contributed by atoms with van der Waals surface area (Å²) in [6, 6.07) is 3.57. The van der Waals surface area contributed by atoms with Crippen LogP contribution in [0.1, 0.15) is 18.9 Å². The molecule has 1 fully saturated rings. The number of likely N-dealkylation sites (N-methyl/N-ethyl adjacent to an activating group) is 1. The molecule has 1 saturated heterocycles. The number of rotatable bonds is 2. The van der Waals surface area contributed by atoms with Crippen LogP contribution in [-0.2, 0) is 0 Å². The Morgan fingerprint density at radius 1 is 1.32 bits per heavy atom. The van der Waals surface area contributed by atoms with Crippen LogP contribution in [0, 0.1) is 23.1 Å². The molecule has 1 aromatic heterocycles. The van der Waals surface area contributed by atoms with Gasteiger partial charge in [-0.3, -0.25) is 9.97 Å². The fourth-order valence-electron chi connectivity index (χ4n) is 3.21. The van der Waals surface area contributed by atoms with Gasteiger partial charge in [0.1, 0.15) is 28.6 Å². The third-order valence-corrected chi connectivity index (χ3v) is 4.18. The van der Waals surface area contributed by atoms with Crippen LogP contribution in [0.25, 0.3) is 11.0 Å². The molecule has 3 rings (SSSR count). The van der Waals surface area contributed by atoms with Crippen molar-refractivity contribution in [1.29, 1.82) is 5.26 Å². The van der Waals surface area contributed by atoms with Crippen molar-refractivity contribution >= 4 is 16.7 Å². The van der Waals surface area contributed by atoms with Crippen LogP contribution >= 0.6 is 0 Å². The maximum Gasteiger partial charge on any atom is 0.150 e. The summed E-state index contributed by atoms with van der Waals surface area (Å²) in [5.74, 6) is 0.0430. The summed E-state index contributed by atoms with van der Waals surface area (Å²) in [5.41, 5.74) is 1.59. The maximum atomic E-state index is 14.6. The van der Waals surface area contributed by atoms with E-state index in [4.69, 9.17) is 0 Å². The molecule has 0 spiro atoms. The number of anilines is 1. The summed E-state index contributed by atoms with van der Waals surface area (Å²) in [6.07, 6.45) is 4.13. The topological polar surface area (TPSA) is 64.8 Å². The van der Waals surface area contributed by atoms with E-state index in [0.29, 0.717) is 28.7 Å². The third kappa shape index (κ3) is 2.48. The highest BCUT2D eigenvalue weighted by molar-refractivity contribution is 5.92. The Bertz CT molecular complexity index is 739. The molecule has 1 aromatic carbocycles. The molecule has 0 bridgehead atoms. The summed E-state index contributed by atoms with van der Waals surface area (Å²) < 4.78 is 14.6. The summed E-state index contributed by atoms with van der Waals surface area (Å²) in [5, 5.41) is 12.4. The molecule has 5 nitrogen and oxygen atoms in total. The second-order valence-corrected chi connectivity index (χ2v) is 5.85. The van der Waals surface area contributed by atoms with Crippen molar-refractivity contribution in [3.05, 3.63) is 29.8 Å². The number of piperidine rings is 1. The van der Waals surface area contributed by atoms with Crippen LogP contribution in [0.3, 0.4) is 0 Å². The smallest absolute Gasteiger partial charge is 0.150 e. The number of hydrogen-bond acceptors (Lipinski definition) is 5. The van der Waals surface area contributed by atoms with E-state index in [1.54, 1.807) is 0 Å². The van der Waals surface area contributed by atoms with Gasteiger partial charge in [0.15, 0.2) is 0 Å². The molecule has 1 N–H and O–H groups in total. The Hall–Kier alpha value is -2.26. The Kier molecular flexibility index (Phi) is 3.90. The fraction of sp³-hybridized carbons (Fsp3) is 0.438. The number of nitrogens with one attached hydrogen (secondary N) is 1. The molecular formula is C16H18FN5. The lowest BCUT2D eigenvalue weighted by Crippen LogP contribution is -2.48. The predicted octanol–water partition coefficient (Wildman–Crippen LogP) is 2.07. The number of nitriles is 1. The van der Waals surface area contributed by atoms with Gasteiger partial charge in [-0.2, -0.15) is 5.26 Å². The monoisotopic (exact) mass is 299 g/mol. The van der Waals surface area contributed by atoms with Crippen LogP contribution in [0.15, 0.2) is 18.5 Å². The largest absolute Gasteiger partial charge is 0.366 e. The second-order valence-electron chi connectivity index (χ2n) is 5.85. The van der Waals surface area contributed by atoms with Crippen LogP contribution in [0.2, 0.25) is 0 Å².